The Labute approximate surface area is 151 Å². The molecule has 1 heterocycles. The van der Waals surface area contributed by atoms with Crippen molar-refractivity contribution in [3.05, 3.63) is 57.2 Å². The smallest absolute Gasteiger partial charge is 0.255 e. The molecule has 1 fully saturated rings. The van der Waals surface area contributed by atoms with Crippen LogP contribution < -0.4 is 10.2 Å². The Morgan fingerprint density at radius 1 is 1.08 bits per heavy atom. The van der Waals surface area contributed by atoms with E-state index in [2.05, 4.69) is 10.2 Å². The van der Waals surface area contributed by atoms with Crippen LogP contribution in [-0.2, 0) is 4.74 Å². The summed E-state index contributed by atoms with van der Waals surface area (Å²) in [4.78, 5) is 14.4. The molecule has 4 nitrogen and oxygen atoms in total. The molecule has 0 aromatic heterocycles. The number of rotatable bonds is 3. The quantitative estimate of drug-likeness (QED) is 0.581. The Balaban J connectivity index is 1.71. The third kappa shape index (κ3) is 3.84. The second-order valence-corrected chi connectivity index (χ2v) is 6.43. The summed E-state index contributed by atoms with van der Waals surface area (Å²) in [6, 6.07) is 9.31. The van der Waals surface area contributed by atoms with Crippen LogP contribution in [0, 0.1) is 15.2 Å². The summed E-state index contributed by atoms with van der Waals surface area (Å²) in [7, 11) is 0. The van der Waals surface area contributed by atoms with Crippen LogP contribution >= 0.6 is 22.6 Å². The predicted molar refractivity (Wildman–Crippen MR) is 96.5 cm³/mol. The van der Waals surface area contributed by atoms with E-state index in [0.29, 0.717) is 18.8 Å². The molecule has 0 bridgehead atoms. The Morgan fingerprint density at radius 2 is 1.67 bits per heavy atom. The lowest BCUT2D eigenvalue weighted by molar-refractivity contribution is 0.102. The Kier molecular flexibility index (Phi) is 5.30. The highest BCUT2D eigenvalue weighted by atomic mass is 127. The van der Waals surface area contributed by atoms with Crippen molar-refractivity contribution in [2.24, 2.45) is 0 Å². The minimum absolute atomic E-state index is 0.0904. The zero-order valence-corrected chi connectivity index (χ0v) is 14.8. The molecule has 2 aromatic rings. The van der Waals surface area contributed by atoms with Gasteiger partial charge in [0.2, 0.25) is 0 Å². The van der Waals surface area contributed by atoms with Crippen molar-refractivity contribution in [2.45, 2.75) is 0 Å². The number of morpholine rings is 1. The largest absolute Gasteiger partial charge is 0.378 e. The lowest BCUT2D eigenvalue weighted by Crippen LogP contribution is -2.36. The number of amides is 1. The molecule has 0 radical (unpaired) electrons. The number of nitrogens with zero attached hydrogens (tertiary/aromatic N) is 1. The van der Waals surface area contributed by atoms with Crippen LogP contribution in [0.3, 0.4) is 0 Å². The zero-order valence-electron chi connectivity index (χ0n) is 12.7. The number of nitrogens with one attached hydrogen (secondary N) is 1. The Morgan fingerprint density at radius 3 is 2.25 bits per heavy atom. The summed E-state index contributed by atoms with van der Waals surface area (Å²) >= 11 is 1.58. The van der Waals surface area contributed by atoms with E-state index in [9.17, 15) is 13.6 Å². The molecule has 0 aliphatic carbocycles. The van der Waals surface area contributed by atoms with Gasteiger partial charge in [0.1, 0.15) is 11.6 Å². The topological polar surface area (TPSA) is 41.6 Å². The highest BCUT2D eigenvalue weighted by molar-refractivity contribution is 14.1. The molecule has 1 aliphatic heterocycles. The van der Waals surface area contributed by atoms with Crippen LogP contribution in [0.15, 0.2) is 36.4 Å². The highest BCUT2D eigenvalue weighted by Gasteiger charge is 2.14. The van der Waals surface area contributed by atoms with E-state index in [1.54, 1.807) is 34.7 Å². The van der Waals surface area contributed by atoms with Gasteiger partial charge in [-0.25, -0.2) is 8.78 Å². The standard InChI is InChI=1S/C17H15F2IN2O2/c18-14-9-12(10-15(19)16(14)20)21-17(23)11-1-3-13(4-2-11)22-5-7-24-8-6-22/h1-4,9-10H,5-8H2,(H,21,23). The first-order valence-corrected chi connectivity index (χ1v) is 8.51. The number of hydrogen-bond donors (Lipinski definition) is 1. The van der Waals surface area contributed by atoms with E-state index in [4.69, 9.17) is 4.74 Å². The van der Waals surface area contributed by atoms with Gasteiger partial charge in [0, 0.05) is 30.0 Å². The molecule has 0 saturated carbocycles. The van der Waals surface area contributed by atoms with Gasteiger partial charge in [0.25, 0.3) is 5.91 Å². The molecule has 1 saturated heterocycles. The molecular formula is C17H15F2IN2O2. The predicted octanol–water partition coefficient (Wildman–Crippen LogP) is 3.66. The molecule has 126 valence electrons. The molecule has 0 unspecified atom stereocenters. The van der Waals surface area contributed by atoms with Gasteiger partial charge in [-0.1, -0.05) is 0 Å². The summed E-state index contributed by atoms with van der Waals surface area (Å²) in [5, 5.41) is 2.51. The lowest BCUT2D eigenvalue weighted by Gasteiger charge is -2.28. The minimum atomic E-state index is -0.700. The Bertz CT molecular complexity index is 724. The van der Waals surface area contributed by atoms with Gasteiger partial charge in [-0.15, -0.1) is 0 Å². The maximum Gasteiger partial charge on any atom is 0.255 e. The van der Waals surface area contributed by atoms with Crippen LogP contribution in [-0.4, -0.2) is 32.2 Å². The summed E-state index contributed by atoms with van der Waals surface area (Å²) < 4.78 is 32.3. The van der Waals surface area contributed by atoms with Crippen LogP contribution in [0.4, 0.5) is 20.2 Å². The summed E-state index contributed by atoms with van der Waals surface area (Å²) in [6.07, 6.45) is 0. The summed E-state index contributed by atoms with van der Waals surface area (Å²) in [5.74, 6) is -1.81. The molecule has 1 amide bonds. The summed E-state index contributed by atoms with van der Waals surface area (Å²) in [6.45, 7) is 3.00. The molecule has 1 N–H and O–H groups in total. The number of carbonyl (C=O) groups excluding carboxylic acids is 1. The molecule has 24 heavy (non-hydrogen) atoms. The van der Waals surface area contributed by atoms with Gasteiger partial charge < -0.3 is 15.0 Å². The van der Waals surface area contributed by atoms with E-state index < -0.39 is 17.5 Å². The number of carbonyl (C=O) groups is 1. The molecule has 0 atom stereocenters. The number of anilines is 2. The molecule has 2 aromatic carbocycles. The SMILES string of the molecule is O=C(Nc1cc(F)c(I)c(F)c1)c1ccc(N2CCOCC2)cc1. The van der Waals surface area contributed by atoms with Gasteiger partial charge in [0.05, 0.1) is 16.8 Å². The number of ether oxygens (including phenoxy) is 1. The fraction of sp³-hybridized carbons (Fsp3) is 0.235. The average Bonchev–Trinajstić information content (AvgIpc) is 2.60. The van der Waals surface area contributed by atoms with Crippen molar-refractivity contribution in [1.82, 2.24) is 0 Å². The van der Waals surface area contributed by atoms with E-state index >= 15 is 0 Å². The third-order valence-electron chi connectivity index (χ3n) is 3.75. The second-order valence-electron chi connectivity index (χ2n) is 5.35. The van der Waals surface area contributed by atoms with Crippen molar-refractivity contribution >= 4 is 39.9 Å². The molecule has 0 spiro atoms. The van der Waals surface area contributed by atoms with E-state index in [-0.39, 0.29) is 9.26 Å². The van der Waals surface area contributed by atoms with Gasteiger partial charge in [0.15, 0.2) is 0 Å². The Hall–Kier alpha value is -1.74. The highest BCUT2D eigenvalue weighted by Crippen LogP contribution is 2.22. The molecular weight excluding hydrogens is 429 g/mol. The van der Waals surface area contributed by atoms with Crippen molar-refractivity contribution in [3.63, 3.8) is 0 Å². The first-order valence-electron chi connectivity index (χ1n) is 7.43. The molecule has 3 rings (SSSR count). The number of halogens is 3. The molecule has 7 heteroatoms. The van der Waals surface area contributed by atoms with Crippen molar-refractivity contribution in [3.8, 4) is 0 Å². The normalized spacial score (nSPS) is 14.5. The first kappa shape index (κ1) is 17.1. The van der Waals surface area contributed by atoms with Crippen molar-refractivity contribution < 1.29 is 18.3 Å². The van der Waals surface area contributed by atoms with Gasteiger partial charge >= 0.3 is 0 Å². The second kappa shape index (κ2) is 7.43. The maximum absolute atomic E-state index is 13.5. The van der Waals surface area contributed by atoms with Gasteiger partial charge in [-0.2, -0.15) is 0 Å². The van der Waals surface area contributed by atoms with Crippen LogP contribution in [0.2, 0.25) is 0 Å². The van der Waals surface area contributed by atoms with Gasteiger partial charge in [-0.05, 0) is 59.0 Å². The van der Waals surface area contributed by atoms with E-state index in [0.717, 1.165) is 30.9 Å². The third-order valence-corrected chi connectivity index (χ3v) is 4.78. The average molecular weight is 444 g/mol. The van der Waals surface area contributed by atoms with Crippen molar-refractivity contribution in [2.75, 3.05) is 36.5 Å². The van der Waals surface area contributed by atoms with Crippen LogP contribution in [0.1, 0.15) is 10.4 Å². The maximum atomic E-state index is 13.5. The van der Waals surface area contributed by atoms with Crippen LogP contribution in [0.5, 0.6) is 0 Å². The van der Waals surface area contributed by atoms with Crippen LogP contribution in [0.25, 0.3) is 0 Å². The van der Waals surface area contributed by atoms with E-state index in [1.165, 1.54) is 0 Å². The molecule has 1 aliphatic rings. The lowest BCUT2D eigenvalue weighted by atomic mass is 10.1. The minimum Gasteiger partial charge on any atom is -0.378 e. The zero-order chi connectivity index (χ0) is 17.1. The first-order chi connectivity index (χ1) is 11.5. The monoisotopic (exact) mass is 444 g/mol. The van der Waals surface area contributed by atoms with Crippen molar-refractivity contribution in [1.29, 1.82) is 0 Å². The summed E-state index contributed by atoms with van der Waals surface area (Å²) in [5.41, 5.74) is 1.53. The van der Waals surface area contributed by atoms with E-state index in [1.807, 2.05) is 12.1 Å². The number of benzene rings is 2. The fourth-order valence-electron chi connectivity index (χ4n) is 2.48. The number of hydrogen-bond acceptors (Lipinski definition) is 3. The van der Waals surface area contributed by atoms with Gasteiger partial charge in [-0.3, -0.25) is 4.79 Å². The fourth-order valence-corrected chi connectivity index (χ4v) is 2.79.